The zero-order chi connectivity index (χ0) is 16.5. The maximum atomic E-state index is 10.1. The van der Waals surface area contributed by atoms with E-state index in [4.69, 9.17) is 0 Å². The summed E-state index contributed by atoms with van der Waals surface area (Å²) >= 11 is 0. The highest BCUT2D eigenvalue weighted by molar-refractivity contribution is 5.34. The standard InChI is InChI=1S/C16H19N7O/c1-11(12-3-5-13(6-4-12)23-10-17-20-21-23)19-14-9-15(24)16(14)22-8-2-7-18-22/h2-8,10-11,14-16,19,24H,9H2,1H3/t11?,14-,15+,16+/m0/s1. The van der Waals surface area contributed by atoms with E-state index in [1.807, 2.05) is 29.1 Å². The van der Waals surface area contributed by atoms with Crippen molar-refractivity contribution in [2.45, 2.75) is 37.6 Å². The van der Waals surface area contributed by atoms with Gasteiger partial charge in [-0.3, -0.25) is 4.68 Å². The van der Waals surface area contributed by atoms with Crippen molar-refractivity contribution in [3.05, 3.63) is 54.6 Å². The first kappa shape index (κ1) is 15.0. The molecule has 8 heteroatoms. The molecule has 0 amide bonds. The molecule has 4 rings (SSSR count). The number of nitrogens with one attached hydrogen (secondary N) is 1. The SMILES string of the molecule is CC(N[C@H]1C[C@@H](O)[C@@H]1n1cccn1)c1ccc(-n2cnnn2)cc1. The van der Waals surface area contributed by atoms with E-state index in [0.717, 1.165) is 12.1 Å². The van der Waals surface area contributed by atoms with Gasteiger partial charge >= 0.3 is 0 Å². The highest BCUT2D eigenvalue weighted by atomic mass is 16.3. The van der Waals surface area contributed by atoms with Gasteiger partial charge in [0.25, 0.3) is 0 Å². The molecule has 0 radical (unpaired) electrons. The Bertz CT molecular complexity index is 769. The molecule has 1 aliphatic carbocycles. The van der Waals surface area contributed by atoms with Crippen LogP contribution in [0.1, 0.15) is 31.0 Å². The smallest absolute Gasteiger partial charge is 0.143 e. The first-order valence-electron chi connectivity index (χ1n) is 7.99. The van der Waals surface area contributed by atoms with Gasteiger partial charge in [-0.05, 0) is 47.5 Å². The molecule has 2 aromatic heterocycles. The third kappa shape index (κ3) is 2.70. The van der Waals surface area contributed by atoms with Crippen LogP contribution in [0.15, 0.2) is 49.1 Å². The summed E-state index contributed by atoms with van der Waals surface area (Å²) in [7, 11) is 0. The Kier molecular flexibility index (Phi) is 3.83. The summed E-state index contributed by atoms with van der Waals surface area (Å²) < 4.78 is 3.46. The molecule has 1 saturated carbocycles. The summed E-state index contributed by atoms with van der Waals surface area (Å²) in [6, 6.07) is 10.3. The molecular formula is C16H19N7O. The molecule has 4 atom stereocenters. The number of hydrogen-bond donors (Lipinski definition) is 2. The van der Waals surface area contributed by atoms with E-state index in [1.165, 1.54) is 5.56 Å². The molecule has 0 spiro atoms. The topological polar surface area (TPSA) is 93.7 Å². The zero-order valence-corrected chi connectivity index (χ0v) is 13.3. The van der Waals surface area contributed by atoms with Crippen LogP contribution in [0.5, 0.6) is 0 Å². The molecule has 3 aromatic rings. The van der Waals surface area contributed by atoms with E-state index < -0.39 is 0 Å². The number of tetrazole rings is 1. The van der Waals surface area contributed by atoms with Crippen molar-refractivity contribution in [1.29, 1.82) is 0 Å². The maximum Gasteiger partial charge on any atom is 0.143 e. The summed E-state index contributed by atoms with van der Waals surface area (Å²) in [5, 5.41) is 29.1. The molecule has 2 N–H and O–H groups in total. The van der Waals surface area contributed by atoms with E-state index in [0.29, 0.717) is 0 Å². The highest BCUT2D eigenvalue weighted by Crippen LogP contribution is 2.34. The summed E-state index contributed by atoms with van der Waals surface area (Å²) in [5.74, 6) is 0. The lowest BCUT2D eigenvalue weighted by molar-refractivity contribution is -0.0110. The average Bonchev–Trinajstić information content (AvgIpc) is 3.28. The van der Waals surface area contributed by atoms with Gasteiger partial charge in [-0.25, -0.2) is 4.68 Å². The molecular weight excluding hydrogens is 306 g/mol. The minimum atomic E-state index is -0.350. The van der Waals surface area contributed by atoms with Gasteiger partial charge < -0.3 is 10.4 Å². The van der Waals surface area contributed by atoms with Crippen LogP contribution in [0.25, 0.3) is 5.69 Å². The van der Waals surface area contributed by atoms with Crippen LogP contribution < -0.4 is 5.32 Å². The summed E-state index contributed by atoms with van der Waals surface area (Å²) in [6.45, 7) is 2.12. The Morgan fingerprint density at radius 3 is 2.75 bits per heavy atom. The second-order valence-corrected chi connectivity index (χ2v) is 6.12. The zero-order valence-electron chi connectivity index (χ0n) is 13.3. The molecule has 124 valence electrons. The third-order valence-electron chi connectivity index (χ3n) is 4.60. The summed E-state index contributed by atoms with van der Waals surface area (Å²) in [5.41, 5.74) is 2.09. The van der Waals surface area contributed by atoms with Gasteiger partial charge in [-0.2, -0.15) is 5.10 Å². The molecule has 8 nitrogen and oxygen atoms in total. The van der Waals surface area contributed by atoms with Crippen LogP contribution in [0.3, 0.4) is 0 Å². The van der Waals surface area contributed by atoms with Gasteiger partial charge in [-0.1, -0.05) is 12.1 Å². The van der Waals surface area contributed by atoms with Crippen LogP contribution in [0, 0.1) is 0 Å². The Morgan fingerprint density at radius 1 is 1.29 bits per heavy atom. The van der Waals surface area contributed by atoms with Gasteiger partial charge in [0.2, 0.25) is 0 Å². The second-order valence-electron chi connectivity index (χ2n) is 6.12. The summed E-state index contributed by atoms with van der Waals surface area (Å²) in [4.78, 5) is 0. The number of aliphatic hydroxyl groups excluding tert-OH is 1. The Balaban J connectivity index is 1.44. The first-order chi connectivity index (χ1) is 11.7. The number of hydrogen-bond acceptors (Lipinski definition) is 6. The molecule has 0 aliphatic heterocycles. The summed E-state index contributed by atoms with van der Waals surface area (Å²) in [6.07, 6.45) is 5.59. The molecule has 1 aliphatic rings. The van der Waals surface area contributed by atoms with Crippen molar-refractivity contribution in [2.75, 3.05) is 0 Å². The van der Waals surface area contributed by atoms with Crippen LogP contribution in [0.4, 0.5) is 0 Å². The fraction of sp³-hybridized carbons (Fsp3) is 0.375. The number of benzene rings is 1. The monoisotopic (exact) mass is 325 g/mol. The quantitative estimate of drug-likeness (QED) is 0.723. The number of nitrogens with zero attached hydrogens (tertiary/aromatic N) is 6. The second kappa shape index (κ2) is 6.14. The van der Waals surface area contributed by atoms with Crippen molar-refractivity contribution in [3.8, 4) is 5.69 Å². The van der Waals surface area contributed by atoms with E-state index in [-0.39, 0.29) is 24.2 Å². The van der Waals surface area contributed by atoms with Gasteiger partial charge in [0.05, 0.1) is 17.8 Å². The largest absolute Gasteiger partial charge is 0.391 e. The Labute approximate surface area is 139 Å². The van der Waals surface area contributed by atoms with Gasteiger partial charge in [0.15, 0.2) is 0 Å². The highest BCUT2D eigenvalue weighted by Gasteiger charge is 2.42. The first-order valence-corrected chi connectivity index (χ1v) is 7.99. The maximum absolute atomic E-state index is 10.1. The van der Waals surface area contributed by atoms with Crippen molar-refractivity contribution < 1.29 is 5.11 Å². The number of rotatable bonds is 5. The lowest BCUT2D eigenvalue weighted by Crippen LogP contribution is -2.55. The van der Waals surface area contributed by atoms with Crippen LogP contribution in [0.2, 0.25) is 0 Å². The van der Waals surface area contributed by atoms with Crippen molar-refractivity contribution >= 4 is 0 Å². The minimum Gasteiger partial charge on any atom is -0.391 e. The lowest BCUT2D eigenvalue weighted by atomic mass is 9.82. The van der Waals surface area contributed by atoms with Crippen LogP contribution in [-0.2, 0) is 0 Å². The average molecular weight is 325 g/mol. The number of aliphatic hydroxyl groups is 1. The molecule has 0 saturated heterocycles. The fourth-order valence-corrected chi connectivity index (χ4v) is 3.21. The van der Waals surface area contributed by atoms with Crippen LogP contribution >= 0.6 is 0 Å². The molecule has 1 unspecified atom stereocenters. The fourth-order valence-electron chi connectivity index (χ4n) is 3.21. The van der Waals surface area contributed by atoms with Crippen molar-refractivity contribution in [1.82, 2.24) is 35.3 Å². The van der Waals surface area contributed by atoms with E-state index in [9.17, 15) is 5.11 Å². The molecule has 0 bridgehead atoms. The molecule has 1 fully saturated rings. The predicted octanol–water partition coefficient (Wildman–Crippen LogP) is 0.884. The lowest BCUT2D eigenvalue weighted by Gasteiger charge is -2.43. The van der Waals surface area contributed by atoms with Crippen molar-refractivity contribution in [3.63, 3.8) is 0 Å². The van der Waals surface area contributed by atoms with Crippen LogP contribution in [-0.4, -0.2) is 47.2 Å². The molecule has 1 aromatic carbocycles. The van der Waals surface area contributed by atoms with Gasteiger partial charge in [-0.15, -0.1) is 5.10 Å². The van der Waals surface area contributed by atoms with E-state index >= 15 is 0 Å². The minimum absolute atomic E-state index is 0.0112. The third-order valence-corrected chi connectivity index (χ3v) is 4.60. The van der Waals surface area contributed by atoms with E-state index in [2.05, 4.69) is 45.0 Å². The predicted molar refractivity (Wildman–Crippen MR) is 86.4 cm³/mol. The van der Waals surface area contributed by atoms with E-state index in [1.54, 1.807) is 17.2 Å². The normalized spacial score (nSPS) is 24.5. The van der Waals surface area contributed by atoms with Crippen molar-refractivity contribution in [2.24, 2.45) is 0 Å². The Hall–Kier alpha value is -2.58. The Morgan fingerprint density at radius 2 is 2.12 bits per heavy atom. The molecule has 24 heavy (non-hydrogen) atoms. The van der Waals surface area contributed by atoms with Gasteiger partial charge in [0, 0.05) is 24.5 Å². The van der Waals surface area contributed by atoms with Gasteiger partial charge in [0.1, 0.15) is 6.33 Å². The molecule has 2 heterocycles. The number of aromatic nitrogens is 6.